The molecule has 0 spiro atoms. The highest BCUT2D eigenvalue weighted by atomic mass is 16.2. The van der Waals surface area contributed by atoms with E-state index >= 15 is 0 Å². The molecule has 8 rings (SSSR count). The van der Waals surface area contributed by atoms with Gasteiger partial charge in [-0.25, -0.2) is 4.90 Å². The zero-order valence-electron chi connectivity index (χ0n) is 21.7. The summed E-state index contributed by atoms with van der Waals surface area (Å²) in [5, 5.41) is 2.18. The zero-order valence-corrected chi connectivity index (χ0v) is 21.7. The largest absolute Gasteiger partial charge is 0.369 e. The number of imide groups is 1. The van der Waals surface area contributed by atoms with Crippen LogP contribution in [0.3, 0.4) is 0 Å². The molecule has 0 radical (unpaired) electrons. The second kappa shape index (κ2) is 8.28. The first-order chi connectivity index (χ1) is 19.6. The number of pyridine rings is 1. The molecule has 0 bridgehead atoms. The van der Waals surface area contributed by atoms with Crippen LogP contribution in [0.25, 0.3) is 50.3 Å². The van der Waals surface area contributed by atoms with Gasteiger partial charge in [0.15, 0.2) is 0 Å². The number of benzene rings is 3. The summed E-state index contributed by atoms with van der Waals surface area (Å²) in [5.41, 5.74) is 8.30. The summed E-state index contributed by atoms with van der Waals surface area (Å²) in [4.78, 5) is 33.9. The van der Waals surface area contributed by atoms with Gasteiger partial charge in [-0.2, -0.15) is 0 Å². The molecule has 3 aromatic carbocycles. The summed E-state index contributed by atoms with van der Waals surface area (Å²) in [6.45, 7) is 0.823. The smallest absolute Gasteiger partial charge is 0.258 e. The van der Waals surface area contributed by atoms with E-state index in [1.807, 2.05) is 42.5 Å². The monoisotopic (exact) mass is 521 g/mol. The third-order valence-electron chi connectivity index (χ3n) is 7.82. The quantitative estimate of drug-likeness (QED) is 0.268. The second-order valence-corrected chi connectivity index (χ2v) is 10.1. The van der Waals surface area contributed by atoms with Crippen molar-refractivity contribution in [3.8, 4) is 11.4 Å². The minimum absolute atomic E-state index is 0.351. The molecule has 2 aliphatic rings. The van der Waals surface area contributed by atoms with Crippen LogP contribution < -0.4 is 9.80 Å². The van der Waals surface area contributed by atoms with Gasteiger partial charge in [0.25, 0.3) is 11.8 Å². The summed E-state index contributed by atoms with van der Waals surface area (Å²) in [6.07, 6.45) is 8.75. The van der Waals surface area contributed by atoms with E-state index in [1.165, 1.54) is 17.1 Å². The number of carbonyl (C=O) groups is 2. The minimum atomic E-state index is -0.351. The number of likely N-dealkylation sites (N-methyl/N-ethyl adjacent to an activating group) is 1. The Morgan fingerprint density at radius 2 is 1.30 bits per heavy atom. The number of para-hydroxylation sites is 2. The second-order valence-electron chi connectivity index (χ2n) is 10.1. The van der Waals surface area contributed by atoms with Gasteiger partial charge in [0.05, 0.1) is 50.5 Å². The van der Waals surface area contributed by atoms with Crippen molar-refractivity contribution in [1.29, 1.82) is 0 Å². The van der Waals surface area contributed by atoms with E-state index in [4.69, 9.17) is 0 Å². The molecule has 6 aromatic rings. The Labute approximate surface area is 229 Å². The fraction of sp³-hybridized carbons (Fsp3) is 0.0606. The minimum Gasteiger partial charge on any atom is -0.369 e. The summed E-state index contributed by atoms with van der Waals surface area (Å²) in [7, 11) is 2.10. The normalized spacial score (nSPS) is 14.8. The molecule has 0 aliphatic carbocycles. The van der Waals surface area contributed by atoms with Crippen molar-refractivity contribution < 1.29 is 9.59 Å². The summed E-state index contributed by atoms with van der Waals surface area (Å²) >= 11 is 0. The first-order valence-electron chi connectivity index (χ1n) is 13.2. The highest BCUT2D eigenvalue weighted by molar-refractivity contribution is 6.28. The Bertz CT molecular complexity index is 2040. The number of aromatic nitrogens is 3. The fourth-order valence-corrected chi connectivity index (χ4v) is 6.17. The third kappa shape index (κ3) is 3.09. The van der Waals surface area contributed by atoms with Gasteiger partial charge in [-0.1, -0.05) is 42.5 Å². The summed E-state index contributed by atoms with van der Waals surface area (Å²) in [6, 6.07) is 26.4. The lowest BCUT2D eigenvalue weighted by atomic mass is 10.1. The van der Waals surface area contributed by atoms with Crippen molar-refractivity contribution >= 4 is 62.1 Å². The SMILES string of the molecule is CN1CC=Cc2c1c1ccccc1n2-c1cc(N2C(=O)C=CC2=O)cc(-n2c3ccccc3c3ncccc32)c1. The van der Waals surface area contributed by atoms with Crippen molar-refractivity contribution in [2.45, 2.75) is 0 Å². The molecule has 2 aliphatic heterocycles. The van der Waals surface area contributed by atoms with Gasteiger partial charge in [0, 0.05) is 42.7 Å². The Kier molecular flexibility index (Phi) is 4.67. The molecule has 40 heavy (non-hydrogen) atoms. The predicted molar refractivity (Wildman–Crippen MR) is 159 cm³/mol. The maximum Gasteiger partial charge on any atom is 0.258 e. The van der Waals surface area contributed by atoms with Crippen LogP contribution in [-0.2, 0) is 9.59 Å². The number of carbonyl (C=O) groups excluding carboxylic acids is 2. The number of amides is 2. The first-order valence-corrected chi connectivity index (χ1v) is 13.2. The molecule has 2 amide bonds. The van der Waals surface area contributed by atoms with Crippen LogP contribution in [0, 0.1) is 0 Å². The number of anilines is 2. The third-order valence-corrected chi connectivity index (χ3v) is 7.82. The lowest BCUT2D eigenvalue weighted by molar-refractivity contribution is -0.119. The zero-order chi connectivity index (χ0) is 27.0. The Hall–Kier alpha value is -5.43. The van der Waals surface area contributed by atoms with Gasteiger partial charge in [0.1, 0.15) is 0 Å². The van der Waals surface area contributed by atoms with E-state index in [2.05, 4.69) is 74.6 Å². The van der Waals surface area contributed by atoms with E-state index in [0.29, 0.717) is 5.69 Å². The van der Waals surface area contributed by atoms with Gasteiger partial charge >= 0.3 is 0 Å². The standard InChI is InChI=1S/C33H23N5O2/c1-35-17-7-13-29-33(35)25-9-3-5-11-27(25)37(29)22-18-21(19-23(20-22)38-30(39)14-15-31(38)40)36-26-10-4-2-8-24(26)32-28(36)12-6-16-34-32/h2-16,18-20H,17H2,1H3. The molecular weight excluding hydrogens is 498 g/mol. The van der Waals surface area contributed by atoms with Gasteiger partial charge in [-0.05, 0) is 48.5 Å². The molecule has 7 nitrogen and oxygen atoms in total. The molecule has 5 heterocycles. The van der Waals surface area contributed by atoms with E-state index in [0.717, 1.165) is 62.1 Å². The highest BCUT2D eigenvalue weighted by Crippen LogP contribution is 2.40. The van der Waals surface area contributed by atoms with Crippen LogP contribution in [0.2, 0.25) is 0 Å². The van der Waals surface area contributed by atoms with Crippen molar-refractivity contribution in [3.05, 3.63) is 109 Å². The Morgan fingerprint density at radius 3 is 2.08 bits per heavy atom. The maximum atomic E-state index is 12.9. The van der Waals surface area contributed by atoms with Crippen LogP contribution in [0.5, 0.6) is 0 Å². The van der Waals surface area contributed by atoms with Crippen molar-refractivity contribution in [3.63, 3.8) is 0 Å². The number of hydrogen-bond acceptors (Lipinski definition) is 4. The summed E-state index contributed by atoms with van der Waals surface area (Å²) in [5.74, 6) is -0.702. The molecule has 0 saturated heterocycles. The molecule has 0 N–H and O–H groups in total. The van der Waals surface area contributed by atoms with Crippen LogP contribution in [0.15, 0.2) is 103 Å². The van der Waals surface area contributed by atoms with Gasteiger partial charge in [-0.15, -0.1) is 0 Å². The predicted octanol–water partition coefficient (Wildman–Crippen LogP) is 6.02. The Balaban J connectivity index is 1.48. The average Bonchev–Trinajstić information content (AvgIpc) is 3.62. The molecule has 0 saturated carbocycles. The van der Waals surface area contributed by atoms with Crippen molar-refractivity contribution in [1.82, 2.24) is 14.1 Å². The molecule has 0 fully saturated rings. The van der Waals surface area contributed by atoms with Gasteiger partial charge in [0.2, 0.25) is 0 Å². The van der Waals surface area contributed by atoms with E-state index in [9.17, 15) is 9.59 Å². The number of hydrogen-bond donors (Lipinski definition) is 0. The van der Waals surface area contributed by atoms with Gasteiger partial charge < -0.3 is 14.0 Å². The van der Waals surface area contributed by atoms with Crippen molar-refractivity contribution in [2.24, 2.45) is 0 Å². The lowest BCUT2D eigenvalue weighted by Crippen LogP contribution is -2.29. The van der Waals surface area contributed by atoms with E-state index < -0.39 is 0 Å². The first kappa shape index (κ1) is 22.5. The van der Waals surface area contributed by atoms with Gasteiger partial charge in [-0.3, -0.25) is 14.6 Å². The van der Waals surface area contributed by atoms with E-state index in [1.54, 1.807) is 6.20 Å². The number of fused-ring (bicyclic) bond motifs is 6. The number of nitrogens with zero attached hydrogens (tertiary/aromatic N) is 5. The summed E-state index contributed by atoms with van der Waals surface area (Å²) < 4.78 is 4.37. The van der Waals surface area contributed by atoms with Crippen LogP contribution in [-0.4, -0.2) is 39.5 Å². The molecule has 192 valence electrons. The van der Waals surface area contributed by atoms with Crippen molar-refractivity contribution in [2.75, 3.05) is 23.4 Å². The molecule has 3 aromatic heterocycles. The molecular formula is C33H23N5O2. The molecule has 0 unspecified atom stereocenters. The number of rotatable bonds is 3. The van der Waals surface area contributed by atoms with Crippen LogP contribution >= 0.6 is 0 Å². The lowest BCUT2D eigenvalue weighted by Gasteiger charge is -2.23. The average molecular weight is 522 g/mol. The maximum absolute atomic E-state index is 12.9. The fourth-order valence-electron chi connectivity index (χ4n) is 6.17. The highest BCUT2D eigenvalue weighted by Gasteiger charge is 2.28. The molecule has 0 atom stereocenters. The topological polar surface area (TPSA) is 63.4 Å². The van der Waals surface area contributed by atoms with E-state index in [-0.39, 0.29) is 11.8 Å². The van der Waals surface area contributed by atoms with Crippen LogP contribution in [0.4, 0.5) is 11.4 Å². The Morgan fingerprint density at radius 1 is 0.675 bits per heavy atom. The van der Waals surface area contributed by atoms with Crippen LogP contribution in [0.1, 0.15) is 5.69 Å². The molecule has 7 heteroatoms.